The van der Waals surface area contributed by atoms with Crippen LogP contribution in [0.15, 0.2) is 36.5 Å². The van der Waals surface area contributed by atoms with Crippen LogP contribution in [-0.2, 0) is 28.2 Å². The van der Waals surface area contributed by atoms with Gasteiger partial charge in [0.15, 0.2) is 6.10 Å². The highest BCUT2D eigenvalue weighted by atomic mass is 31.2. The summed E-state index contributed by atoms with van der Waals surface area (Å²) in [5.41, 5.74) is 0. The molecule has 0 aliphatic rings. The number of allylic oxidation sites excluding steroid dienone is 6. The lowest BCUT2D eigenvalue weighted by molar-refractivity contribution is -0.161. The first-order valence-corrected chi connectivity index (χ1v) is 19.8. The summed E-state index contributed by atoms with van der Waals surface area (Å²) in [7, 11) is -4.75. The van der Waals surface area contributed by atoms with Crippen molar-refractivity contribution in [3.05, 3.63) is 36.5 Å². The molecule has 1 atom stereocenters. The molecule has 0 radical (unpaired) electrons. The average molecular weight is 671 g/mol. The molecule has 0 aliphatic carbocycles. The molecule has 0 unspecified atom stereocenters. The largest absolute Gasteiger partial charge is 0.469 e. The Hall–Kier alpha value is -1.73. The Bertz CT molecular complexity index is 848. The predicted octanol–water partition coefficient (Wildman–Crippen LogP) is 10.6. The van der Waals surface area contributed by atoms with Gasteiger partial charge in [0.05, 0.1) is 6.61 Å². The maximum absolute atomic E-state index is 12.3. The fraction of sp³-hybridized carbons (Fsp3) is 0.784. The number of phosphoric acid groups is 1. The minimum atomic E-state index is -4.75. The van der Waals surface area contributed by atoms with Crippen LogP contribution in [0.2, 0.25) is 0 Å². The zero-order valence-electron chi connectivity index (χ0n) is 29.2. The number of unbranched alkanes of at least 4 members (excludes halogenated alkanes) is 18. The Morgan fingerprint density at radius 1 is 0.565 bits per heavy atom. The van der Waals surface area contributed by atoms with Gasteiger partial charge >= 0.3 is 19.8 Å². The second-order valence-electron chi connectivity index (χ2n) is 12.2. The van der Waals surface area contributed by atoms with Crippen molar-refractivity contribution >= 4 is 19.8 Å². The van der Waals surface area contributed by atoms with E-state index in [9.17, 15) is 14.2 Å². The molecule has 0 fully saturated rings. The third kappa shape index (κ3) is 35.1. The van der Waals surface area contributed by atoms with Crippen LogP contribution in [0.5, 0.6) is 0 Å². The molecule has 0 spiro atoms. The van der Waals surface area contributed by atoms with Crippen LogP contribution < -0.4 is 0 Å². The molecule has 0 amide bonds. The second kappa shape index (κ2) is 33.2. The van der Waals surface area contributed by atoms with Gasteiger partial charge in [0.1, 0.15) is 6.61 Å². The monoisotopic (exact) mass is 670 g/mol. The van der Waals surface area contributed by atoms with Crippen molar-refractivity contribution < 1.29 is 37.9 Å². The first-order chi connectivity index (χ1) is 22.3. The number of esters is 2. The van der Waals surface area contributed by atoms with Crippen LogP contribution in [0.1, 0.15) is 168 Å². The fourth-order valence-corrected chi connectivity index (χ4v) is 5.25. The summed E-state index contributed by atoms with van der Waals surface area (Å²) in [6.07, 6.45) is 37.2. The number of carbonyl (C=O) groups is 2. The van der Waals surface area contributed by atoms with Gasteiger partial charge in [0.2, 0.25) is 0 Å². The molecule has 0 aromatic rings. The number of ether oxygens (including phenoxy) is 2. The molecule has 0 aromatic carbocycles. The highest BCUT2D eigenvalue weighted by molar-refractivity contribution is 7.46. The second-order valence-corrected chi connectivity index (χ2v) is 13.5. The molecule has 8 nitrogen and oxygen atoms in total. The van der Waals surface area contributed by atoms with Crippen LogP contribution in [0.25, 0.3) is 0 Å². The van der Waals surface area contributed by atoms with Crippen LogP contribution in [-0.4, -0.2) is 41.0 Å². The van der Waals surface area contributed by atoms with E-state index in [1.165, 1.54) is 64.2 Å². The Balaban J connectivity index is 4.04. The molecule has 268 valence electrons. The summed E-state index contributed by atoms with van der Waals surface area (Å²) in [6, 6.07) is 0. The van der Waals surface area contributed by atoms with E-state index in [1.807, 2.05) is 0 Å². The molecule has 0 rings (SSSR count). The van der Waals surface area contributed by atoms with Crippen molar-refractivity contribution in [1.82, 2.24) is 0 Å². The Morgan fingerprint density at radius 3 is 1.50 bits per heavy atom. The van der Waals surface area contributed by atoms with Gasteiger partial charge in [-0.2, -0.15) is 0 Å². The number of carbonyl (C=O) groups excluding carboxylic acids is 2. The molecule has 0 bridgehead atoms. The van der Waals surface area contributed by atoms with E-state index in [2.05, 4.69) is 54.8 Å². The smallest absolute Gasteiger partial charge is 0.462 e. The zero-order chi connectivity index (χ0) is 34.0. The van der Waals surface area contributed by atoms with E-state index in [4.69, 9.17) is 19.3 Å². The summed E-state index contributed by atoms with van der Waals surface area (Å²) in [6.45, 7) is 3.61. The maximum atomic E-state index is 12.3. The quantitative estimate of drug-likeness (QED) is 0.0233. The maximum Gasteiger partial charge on any atom is 0.469 e. The van der Waals surface area contributed by atoms with Crippen molar-refractivity contribution in [2.45, 2.75) is 174 Å². The van der Waals surface area contributed by atoms with Gasteiger partial charge in [0, 0.05) is 12.8 Å². The minimum Gasteiger partial charge on any atom is -0.462 e. The molecular formula is C37H67O8P. The summed E-state index contributed by atoms with van der Waals surface area (Å²) in [5, 5.41) is 0. The third-order valence-electron chi connectivity index (χ3n) is 7.66. The van der Waals surface area contributed by atoms with Gasteiger partial charge in [-0.15, -0.1) is 0 Å². The molecule has 9 heteroatoms. The molecule has 2 N–H and O–H groups in total. The van der Waals surface area contributed by atoms with Crippen molar-refractivity contribution in [3.63, 3.8) is 0 Å². The SMILES string of the molecule is CCCCCC/C=C/C=C/CCCCCCCC(=O)O[C@H](COC(=O)CCCCC/C=C/CCCCCCCC)COP(=O)(O)O. The Morgan fingerprint density at radius 2 is 0.978 bits per heavy atom. The zero-order valence-corrected chi connectivity index (χ0v) is 30.1. The number of rotatable bonds is 33. The third-order valence-corrected chi connectivity index (χ3v) is 8.14. The number of hydrogen-bond donors (Lipinski definition) is 2. The van der Waals surface area contributed by atoms with Gasteiger partial charge in [-0.3, -0.25) is 14.1 Å². The Kier molecular flexibility index (Phi) is 31.9. The van der Waals surface area contributed by atoms with Crippen molar-refractivity contribution in [2.24, 2.45) is 0 Å². The van der Waals surface area contributed by atoms with Gasteiger partial charge in [0.25, 0.3) is 0 Å². The number of phosphoric ester groups is 1. The summed E-state index contributed by atoms with van der Waals surface area (Å²) < 4.78 is 26.2. The normalized spacial score (nSPS) is 12.9. The molecule has 0 aliphatic heterocycles. The molecular weight excluding hydrogens is 603 g/mol. The first-order valence-electron chi connectivity index (χ1n) is 18.3. The number of hydrogen-bond acceptors (Lipinski definition) is 6. The van der Waals surface area contributed by atoms with Crippen LogP contribution in [0, 0.1) is 0 Å². The van der Waals surface area contributed by atoms with E-state index in [1.54, 1.807) is 0 Å². The van der Waals surface area contributed by atoms with E-state index in [0.29, 0.717) is 12.8 Å². The lowest BCUT2D eigenvalue weighted by atomic mass is 10.1. The lowest BCUT2D eigenvalue weighted by Gasteiger charge is -2.18. The van der Waals surface area contributed by atoms with E-state index in [0.717, 1.165) is 64.2 Å². The summed E-state index contributed by atoms with van der Waals surface area (Å²) >= 11 is 0. The molecule has 0 aromatic heterocycles. The Labute approximate surface area is 281 Å². The van der Waals surface area contributed by atoms with E-state index in [-0.39, 0.29) is 19.4 Å². The van der Waals surface area contributed by atoms with Gasteiger partial charge < -0.3 is 19.3 Å². The fourth-order valence-electron chi connectivity index (χ4n) is 4.89. The molecule has 46 heavy (non-hydrogen) atoms. The van der Waals surface area contributed by atoms with Gasteiger partial charge in [-0.1, -0.05) is 127 Å². The average Bonchev–Trinajstić information content (AvgIpc) is 3.02. The van der Waals surface area contributed by atoms with Crippen LogP contribution >= 0.6 is 7.82 Å². The molecule has 0 saturated carbocycles. The molecule has 0 heterocycles. The van der Waals surface area contributed by atoms with E-state index < -0.39 is 32.5 Å². The highest BCUT2D eigenvalue weighted by Crippen LogP contribution is 2.36. The summed E-state index contributed by atoms with van der Waals surface area (Å²) in [4.78, 5) is 42.6. The van der Waals surface area contributed by atoms with Crippen LogP contribution in [0.3, 0.4) is 0 Å². The van der Waals surface area contributed by atoms with Crippen molar-refractivity contribution in [3.8, 4) is 0 Å². The first kappa shape index (κ1) is 44.3. The lowest BCUT2D eigenvalue weighted by Crippen LogP contribution is -2.29. The highest BCUT2D eigenvalue weighted by Gasteiger charge is 2.22. The standard InChI is InChI=1S/C37H67O8P/c1-3-5-7-9-11-13-15-17-18-20-22-24-26-28-30-32-37(39)45-35(34-44-46(40,41)42)33-43-36(38)31-29-27-25-23-21-19-16-14-12-10-8-6-4-2/h13,15,17-19,21,35H,3-12,14,16,20,22-34H2,1-2H3,(H2,40,41,42)/b15-13+,18-17+,21-19+/t35-/m1/s1. The summed E-state index contributed by atoms with van der Waals surface area (Å²) in [5.74, 6) is -0.923. The van der Waals surface area contributed by atoms with Crippen molar-refractivity contribution in [2.75, 3.05) is 13.2 Å². The van der Waals surface area contributed by atoms with Gasteiger partial charge in [-0.05, 0) is 64.2 Å². The van der Waals surface area contributed by atoms with Crippen molar-refractivity contribution in [1.29, 1.82) is 0 Å². The van der Waals surface area contributed by atoms with E-state index >= 15 is 0 Å². The molecule has 0 saturated heterocycles. The topological polar surface area (TPSA) is 119 Å². The minimum absolute atomic E-state index is 0.191. The van der Waals surface area contributed by atoms with Gasteiger partial charge in [-0.25, -0.2) is 4.57 Å². The van der Waals surface area contributed by atoms with Crippen LogP contribution in [0.4, 0.5) is 0 Å². The predicted molar refractivity (Wildman–Crippen MR) is 188 cm³/mol.